The summed E-state index contributed by atoms with van der Waals surface area (Å²) in [6.45, 7) is 11.5. The maximum Gasteiger partial charge on any atom is 1.00 e. The second kappa shape index (κ2) is 28.9. The minimum absolute atomic E-state index is 0. The van der Waals surface area contributed by atoms with Crippen LogP contribution in [-0.2, 0) is 38.7 Å². The van der Waals surface area contributed by atoms with Gasteiger partial charge in [0.2, 0.25) is 0 Å². The minimum Gasteiger partial charge on any atom is -0.870 e. The molecule has 66 heavy (non-hydrogen) atoms. The Bertz CT molecular complexity index is 2430. The molecule has 0 spiro atoms. The topological polar surface area (TPSA) is 147 Å². The SMILES string of the molecule is CCc1cn(CCN2CCN(c3ccc(Cl)cc3Cl)[C@H](c3ccc(Cl)cc3)C2)cn1.Clc1ccc([C@@H]2CN(CCn3ccnc3)CCN2c2ccc(Cl)cc2Cl)cc1.O=C=O.O=C=O.[Li+].[OH-]. The molecule has 2 fully saturated rings. The molecular weight excluding hydrogens is 964 g/mol. The van der Waals surface area contributed by atoms with Crippen LogP contribution in [0.1, 0.15) is 35.8 Å². The van der Waals surface area contributed by atoms with Crippen LogP contribution < -0.4 is 28.7 Å². The van der Waals surface area contributed by atoms with Crippen LogP contribution in [0.5, 0.6) is 0 Å². The van der Waals surface area contributed by atoms with E-state index in [0.717, 1.165) is 99.0 Å². The molecule has 0 saturated carbocycles. The number of anilines is 2. The van der Waals surface area contributed by atoms with Crippen LogP contribution in [-0.4, -0.2) is 99.0 Å². The van der Waals surface area contributed by atoms with Crippen LogP contribution in [0.3, 0.4) is 0 Å². The summed E-state index contributed by atoms with van der Waals surface area (Å²) in [4.78, 5) is 50.8. The van der Waals surface area contributed by atoms with Crippen LogP contribution in [0.15, 0.2) is 116 Å². The van der Waals surface area contributed by atoms with Crippen LogP contribution in [0.2, 0.25) is 30.1 Å². The van der Waals surface area contributed by atoms with E-state index in [4.69, 9.17) is 88.8 Å². The number of carbonyl (C=O) groups excluding carboxylic acids is 4. The summed E-state index contributed by atoms with van der Waals surface area (Å²) >= 11 is 37.6. The van der Waals surface area contributed by atoms with E-state index >= 15 is 0 Å². The normalized spacial score (nSPS) is 15.7. The zero-order valence-corrected chi connectivity index (χ0v) is 40.9. The third-order valence-electron chi connectivity index (χ3n) is 10.8. The van der Waals surface area contributed by atoms with Gasteiger partial charge in [0.25, 0.3) is 0 Å². The number of benzene rings is 4. The van der Waals surface area contributed by atoms with Gasteiger partial charge in [0, 0.05) is 104 Å². The van der Waals surface area contributed by atoms with Gasteiger partial charge in [-0.05, 0) is 78.2 Å². The fraction of sp³-hybridized carbons (Fsp3) is 0.304. The van der Waals surface area contributed by atoms with E-state index in [9.17, 15) is 0 Å². The van der Waals surface area contributed by atoms with Crippen LogP contribution >= 0.6 is 69.6 Å². The summed E-state index contributed by atoms with van der Waals surface area (Å²) in [5.74, 6) is 0. The molecule has 0 radical (unpaired) electrons. The van der Waals surface area contributed by atoms with E-state index < -0.39 is 0 Å². The number of halogens is 6. The van der Waals surface area contributed by atoms with Gasteiger partial charge >= 0.3 is 31.2 Å². The fourth-order valence-electron chi connectivity index (χ4n) is 7.67. The summed E-state index contributed by atoms with van der Waals surface area (Å²) < 4.78 is 4.29. The van der Waals surface area contributed by atoms with Crippen molar-refractivity contribution in [3.8, 4) is 0 Å². The van der Waals surface area contributed by atoms with Gasteiger partial charge in [-0.25, -0.2) is 9.97 Å². The average molecular weight is 1010 g/mol. The van der Waals surface area contributed by atoms with Gasteiger partial charge in [-0.3, -0.25) is 9.80 Å². The molecule has 2 saturated heterocycles. The fourth-order valence-corrected chi connectivity index (χ4v) is 8.96. The summed E-state index contributed by atoms with van der Waals surface area (Å²) in [5.41, 5.74) is 5.62. The molecule has 4 heterocycles. The Morgan fingerprint density at radius 3 is 1.38 bits per heavy atom. The smallest absolute Gasteiger partial charge is 0.870 e. The molecule has 4 aromatic carbocycles. The van der Waals surface area contributed by atoms with Gasteiger partial charge in [0.15, 0.2) is 0 Å². The largest absolute Gasteiger partial charge is 1.00 e. The number of imidazole rings is 2. The summed E-state index contributed by atoms with van der Waals surface area (Å²) in [5, 5.41) is 4.15. The van der Waals surface area contributed by atoms with Gasteiger partial charge in [-0.15, -0.1) is 0 Å². The first-order chi connectivity index (χ1) is 31.0. The molecule has 2 aliphatic rings. The maximum atomic E-state index is 8.12. The van der Waals surface area contributed by atoms with Crippen molar-refractivity contribution < 1.29 is 43.5 Å². The Morgan fingerprint density at radius 1 is 0.576 bits per heavy atom. The van der Waals surface area contributed by atoms with Crippen LogP contribution in [0.25, 0.3) is 0 Å². The Labute approximate surface area is 426 Å². The van der Waals surface area contributed by atoms with E-state index in [2.05, 4.69) is 76.1 Å². The van der Waals surface area contributed by atoms with Crippen molar-refractivity contribution in [1.82, 2.24) is 28.9 Å². The third-order valence-corrected chi connectivity index (χ3v) is 12.4. The number of hydrogen-bond donors (Lipinski definition) is 0. The standard InChI is InChI=1S/C23H25Cl3N4.C21H21Cl3N4.2CO2.Li.H2O/c1-2-20-14-29(16-27-20)10-9-28-11-12-30(22-8-7-19(25)13-21(22)26)23(15-28)17-3-5-18(24)6-4-17;22-17-3-1-16(2-4-17)21-14-26(9-10-27-8-7-25-15-27)11-12-28(21)20-6-5-18(23)13-19(20)24;2*2-1-3;;/h3-8,13-14,16,23H,2,9-12,15H2,1H3;1-8,13,15,21H,9-12,14H2;;;;1H2/q;;;;+1;/p-1/t23-;21-;;;;/m00..../s1. The molecule has 8 rings (SSSR count). The van der Waals surface area contributed by atoms with Gasteiger partial charge in [0.05, 0.1) is 51.9 Å². The first-order valence-electron chi connectivity index (χ1n) is 20.3. The number of piperazine rings is 2. The average Bonchev–Trinajstić information content (AvgIpc) is 3.99. The van der Waals surface area contributed by atoms with E-state index in [0.29, 0.717) is 20.1 Å². The quantitative estimate of drug-likeness (QED) is 0.123. The number of aromatic nitrogens is 4. The Hall–Kier alpha value is -4.12. The molecule has 2 aliphatic heterocycles. The first kappa shape index (κ1) is 56.2. The molecule has 1 N–H and O–H groups in total. The molecule has 344 valence electrons. The van der Waals surface area contributed by atoms with Gasteiger partial charge in [0.1, 0.15) is 0 Å². The second-order valence-corrected chi connectivity index (χ2v) is 17.3. The zero-order chi connectivity index (χ0) is 46.0. The third kappa shape index (κ3) is 16.6. The summed E-state index contributed by atoms with van der Waals surface area (Å²) in [7, 11) is 0. The van der Waals surface area contributed by atoms with E-state index in [1.54, 1.807) is 0 Å². The predicted molar refractivity (Wildman–Crippen MR) is 255 cm³/mol. The van der Waals surface area contributed by atoms with E-state index in [-0.39, 0.29) is 48.7 Å². The van der Waals surface area contributed by atoms with E-state index in [1.165, 1.54) is 11.1 Å². The molecule has 0 unspecified atom stereocenters. The van der Waals surface area contributed by atoms with Crippen LogP contribution in [0.4, 0.5) is 11.4 Å². The van der Waals surface area contributed by atoms with Gasteiger partial charge < -0.3 is 24.4 Å². The number of hydrogen-bond acceptors (Lipinski definition) is 11. The Kier molecular flexibility index (Phi) is 24.6. The maximum absolute atomic E-state index is 8.12. The number of rotatable bonds is 11. The zero-order valence-electron chi connectivity index (χ0n) is 36.3. The first-order valence-corrected chi connectivity index (χ1v) is 22.6. The van der Waals surface area contributed by atoms with Crippen LogP contribution in [0, 0.1) is 0 Å². The number of aryl methyl sites for hydroxylation is 1. The van der Waals surface area contributed by atoms with Crippen molar-refractivity contribution in [3.05, 3.63) is 163 Å². The molecule has 6 aromatic rings. The molecule has 2 atom stereocenters. The van der Waals surface area contributed by atoms with Crippen molar-refractivity contribution in [1.29, 1.82) is 0 Å². The van der Waals surface area contributed by atoms with E-state index in [1.807, 2.05) is 85.7 Å². The second-order valence-electron chi connectivity index (χ2n) is 14.7. The molecular formula is C46H47Cl6LiN8O5. The minimum atomic E-state index is 0. The molecule has 20 heteroatoms. The van der Waals surface area contributed by atoms with Crippen molar-refractivity contribution in [3.63, 3.8) is 0 Å². The van der Waals surface area contributed by atoms with Gasteiger partial charge in [-0.2, -0.15) is 19.2 Å². The Morgan fingerprint density at radius 2 is 1.00 bits per heavy atom. The molecule has 13 nitrogen and oxygen atoms in total. The predicted octanol–water partition coefficient (Wildman–Crippen LogP) is 7.04. The van der Waals surface area contributed by atoms with Crippen molar-refractivity contribution in [2.24, 2.45) is 0 Å². The number of nitrogens with zero attached hydrogens (tertiary/aromatic N) is 8. The molecule has 0 bridgehead atoms. The monoisotopic (exact) mass is 1010 g/mol. The molecule has 0 aliphatic carbocycles. The Balaban J connectivity index is 0.000000305. The van der Waals surface area contributed by atoms with Crippen molar-refractivity contribution in [2.75, 3.05) is 62.2 Å². The molecule has 0 amide bonds. The van der Waals surface area contributed by atoms with Crippen molar-refractivity contribution in [2.45, 2.75) is 38.5 Å². The summed E-state index contributed by atoms with van der Waals surface area (Å²) in [6.07, 6.45) is 11.2. The summed E-state index contributed by atoms with van der Waals surface area (Å²) in [6, 6.07) is 28.0. The van der Waals surface area contributed by atoms with Gasteiger partial charge in [-0.1, -0.05) is 101 Å². The molecule has 2 aromatic heterocycles. The van der Waals surface area contributed by atoms with Crippen molar-refractivity contribution >= 4 is 93.3 Å².